The predicted octanol–water partition coefficient (Wildman–Crippen LogP) is 2.97. The van der Waals surface area contributed by atoms with Crippen molar-refractivity contribution in [3.05, 3.63) is 35.6 Å². The summed E-state index contributed by atoms with van der Waals surface area (Å²) in [4.78, 5) is 28.2. The number of amidine groups is 1. The molecule has 1 aromatic carbocycles. The molecular formula is C19H24FN3O2S. The molecule has 0 saturated heterocycles. The number of amides is 2. The molecule has 0 bridgehead atoms. The van der Waals surface area contributed by atoms with Gasteiger partial charge >= 0.3 is 0 Å². The minimum absolute atomic E-state index is 0.00898. The molecule has 0 radical (unpaired) electrons. The van der Waals surface area contributed by atoms with Crippen LogP contribution in [0.2, 0.25) is 0 Å². The minimum Gasteiger partial charge on any atom is -0.361 e. The van der Waals surface area contributed by atoms with Gasteiger partial charge in [0.15, 0.2) is 5.17 Å². The standard InChI is InChI=1S/C19H24FN3O2S/c1-18(2)16(19(18,3)4)23-17-22-15(25)13(26-17)9-10-21-14(24)11-7-5-6-8-12(11)20/h5-8,13,16H,9-10H2,1-4H3,(H,21,24)(H,22,23,25). The third-order valence-corrected chi connectivity index (χ3v) is 6.99. The lowest BCUT2D eigenvalue weighted by Gasteiger charge is -2.10. The maximum Gasteiger partial charge on any atom is 0.261 e. The summed E-state index contributed by atoms with van der Waals surface area (Å²) in [5.74, 6) is -1.21. The number of carbonyl (C=O) groups is 2. The molecule has 0 aromatic heterocycles. The molecule has 3 rings (SSSR count). The van der Waals surface area contributed by atoms with Gasteiger partial charge in [0.05, 0.1) is 10.8 Å². The van der Waals surface area contributed by atoms with Crippen LogP contribution in [-0.4, -0.2) is 34.8 Å². The Morgan fingerprint density at radius 3 is 2.50 bits per heavy atom. The molecule has 2 N–H and O–H groups in total. The molecule has 2 amide bonds. The van der Waals surface area contributed by atoms with Crippen LogP contribution in [0, 0.1) is 16.6 Å². The van der Waals surface area contributed by atoms with E-state index in [1.807, 2.05) is 0 Å². The highest BCUT2D eigenvalue weighted by molar-refractivity contribution is 8.15. The Morgan fingerprint density at radius 2 is 1.88 bits per heavy atom. The highest BCUT2D eigenvalue weighted by Gasteiger charge is 2.65. The van der Waals surface area contributed by atoms with Gasteiger partial charge in [-0.15, -0.1) is 0 Å². The molecule has 1 fully saturated rings. The Kier molecular flexibility index (Phi) is 4.86. The van der Waals surface area contributed by atoms with Crippen molar-refractivity contribution < 1.29 is 14.0 Å². The van der Waals surface area contributed by atoms with Crippen molar-refractivity contribution in [1.82, 2.24) is 10.6 Å². The molecule has 1 aromatic rings. The van der Waals surface area contributed by atoms with Crippen LogP contribution in [0.4, 0.5) is 4.39 Å². The van der Waals surface area contributed by atoms with Gasteiger partial charge in [-0.05, 0) is 29.4 Å². The number of thioether (sulfide) groups is 1. The van der Waals surface area contributed by atoms with Crippen LogP contribution >= 0.6 is 11.8 Å². The van der Waals surface area contributed by atoms with Gasteiger partial charge in [0.25, 0.3) is 11.8 Å². The largest absolute Gasteiger partial charge is 0.361 e. The highest BCUT2D eigenvalue weighted by Crippen LogP contribution is 2.62. The summed E-state index contributed by atoms with van der Waals surface area (Å²) in [6.45, 7) is 9.08. The third kappa shape index (κ3) is 3.37. The molecule has 5 nitrogen and oxygen atoms in total. The lowest BCUT2D eigenvalue weighted by Crippen LogP contribution is -2.29. The zero-order valence-electron chi connectivity index (χ0n) is 15.4. The summed E-state index contributed by atoms with van der Waals surface area (Å²) in [6.07, 6.45) is 0.454. The maximum absolute atomic E-state index is 13.6. The number of hydrogen-bond donors (Lipinski definition) is 2. The Hall–Kier alpha value is -1.89. The SMILES string of the molecule is CC1(C)C(NC2=NC(=O)C(CCNC(=O)c3ccccc3F)S2)C1(C)C. The number of nitrogens with one attached hydrogen (secondary N) is 2. The first kappa shape index (κ1) is 18.9. The second-order valence-corrected chi connectivity index (χ2v) is 9.10. The second-order valence-electron chi connectivity index (χ2n) is 7.91. The van der Waals surface area contributed by atoms with Crippen molar-refractivity contribution in [2.75, 3.05) is 6.54 Å². The van der Waals surface area contributed by atoms with Crippen LogP contribution in [0.3, 0.4) is 0 Å². The van der Waals surface area contributed by atoms with Crippen LogP contribution in [-0.2, 0) is 4.79 Å². The van der Waals surface area contributed by atoms with E-state index in [2.05, 4.69) is 43.3 Å². The highest BCUT2D eigenvalue weighted by atomic mass is 32.2. The molecule has 1 unspecified atom stereocenters. The molecule has 1 aliphatic carbocycles. The fraction of sp³-hybridized carbons (Fsp3) is 0.526. The van der Waals surface area contributed by atoms with Gasteiger partial charge in [-0.25, -0.2) is 4.39 Å². The van der Waals surface area contributed by atoms with Crippen LogP contribution in [0.5, 0.6) is 0 Å². The smallest absolute Gasteiger partial charge is 0.261 e. The second kappa shape index (κ2) is 6.68. The minimum atomic E-state index is -0.555. The summed E-state index contributed by atoms with van der Waals surface area (Å²) in [5, 5.41) is 6.39. The third-order valence-electron chi connectivity index (χ3n) is 5.84. The van der Waals surface area contributed by atoms with Gasteiger partial charge in [-0.2, -0.15) is 4.99 Å². The maximum atomic E-state index is 13.6. The van der Waals surface area contributed by atoms with Crippen LogP contribution in [0.1, 0.15) is 44.5 Å². The number of halogens is 1. The molecular weight excluding hydrogens is 353 g/mol. The van der Waals surface area contributed by atoms with E-state index in [9.17, 15) is 14.0 Å². The number of aliphatic imine (C=N–C) groups is 1. The van der Waals surface area contributed by atoms with Crippen molar-refractivity contribution in [2.45, 2.75) is 45.4 Å². The topological polar surface area (TPSA) is 70.6 Å². The van der Waals surface area contributed by atoms with Crippen molar-refractivity contribution >= 4 is 28.7 Å². The lowest BCUT2D eigenvalue weighted by atomic mass is 10.0. The van der Waals surface area contributed by atoms with Gasteiger partial charge in [-0.1, -0.05) is 51.6 Å². The van der Waals surface area contributed by atoms with Gasteiger partial charge in [-0.3, -0.25) is 9.59 Å². The van der Waals surface area contributed by atoms with E-state index in [-0.39, 0.29) is 33.6 Å². The zero-order valence-corrected chi connectivity index (χ0v) is 16.2. The lowest BCUT2D eigenvalue weighted by molar-refractivity contribution is -0.117. The van der Waals surface area contributed by atoms with E-state index in [1.165, 1.54) is 30.0 Å². The first-order valence-corrected chi connectivity index (χ1v) is 9.61. The average Bonchev–Trinajstić information content (AvgIpc) is 2.83. The normalized spacial score (nSPS) is 23.5. The van der Waals surface area contributed by atoms with E-state index < -0.39 is 11.7 Å². The summed E-state index contributed by atoms with van der Waals surface area (Å²) >= 11 is 1.40. The van der Waals surface area contributed by atoms with E-state index in [4.69, 9.17) is 0 Å². The van der Waals surface area contributed by atoms with Gasteiger partial charge in [0, 0.05) is 12.6 Å². The predicted molar refractivity (Wildman–Crippen MR) is 102 cm³/mol. The van der Waals surface area contributed by atoms with Crippen molar-refractivity contribution in [3.8, 4) is 0 Å². The molecule has 140 valence electrons. The molecule has 1 saturated carbocycles. The number of nitrogens with zero attached hydrogens (tertiary/aromatic N) is 1. The van der Waals surface area contributed by atoms with E-state index >= 15 is 0 Å². The van der Waals surface area contributed by atoms with Crippen molar-refractivity contribution in [1.29, 1.82) is 0 Å². The first-order valence-electron chi connectivity index (χ1n) is 8.73. The number of benzene rings is 1. The molecule has 0 spiro atoms. The van der Waals surface area contributed by atoms with Crippen molar-refractivity contribution in [3.63, 3.8) is 0 Å². The summed E-state index contributed by atoms with van der Waals surface area (Å²) in [7, 11) is 0. The Bertz CT molecular complexity index is 762. The van der Waals surface area contributed by atoms with E-state index in [0.29, 0.717) is 18.1 Å². The Morgan fingerprint density at radius 1 is 1.23 bits per heavy atom. The quantitative estimate of drug-likeness (QED) is 0.828. The number of rotatable bonds is 5. The number of hydrogen-bond acceptors (Lipinski definition) is 4. The molecule has 7 heteroatoms. The molecule has 2 aliphatic rings. The van der Waals surface area contributed by atoms with Crippen LogP contribution < -0.4 is 10.6 Å². The van der Waals surface area contributed by atoms with Gasteiger partial charge in [0.2, 0.25) is 0 Å². The summed E-state index contributed by atoms with van der Waals surface area (Å²) in [5.41, 5.74) is 0.324. The molecule has 1 heterocycles. The summed E-state index contributed by atoms with van der Waals surface area (Å²) < 4.78 is 13.6. The van der Waals surface area contributed by atoms with Crippen LogP contribution in [0.15, 0.2) is 29.3 Å². The fourth-order valence-electron chi connectivity index (χ4n) is 3.37. The number of carbonyl (C=O) groups excluding carboxylic acids is 2. The van der Waals surface area contributed by atoms with Gasteiger partial charge in [0.1, 0.15) is 5.82 Å². The fourth-order valence-corrected chi connectivity index (χ4v) is 4.36. The van der Waals surface area contributed by atoms with Crippen molar-refractivity contribution in [2.24, 2.45) is 15.8 Å². The Balaban J connectivity index is 1.47. The van der Waals surface area contributed by atoms with E-state index in [0.717, 1.165) is 0 Å². The molecule has 1 atom stereocenters. The summed E-state index contributed by atoms with van der Waals surface area (Å²) in [6, 6.07) is 6.12. The first-order chi connectivity index (χ1) is 12.1. The Labute approximate surface area is 157 Å². The molecule has 1 aliphatic heterocycles. The van der Waals surface area contributed by atoms with Gasteiger partial charge < -0.3 is 10.6 Å². The van der Waals surface area contributed by atoms with Crippen LogP contribution in [0.25, 0.3) is 0 Å². The van der Waals surface area contributed by atoms with E-state index in [1.54, 1.807) is 6.07 Å². The molecule has 26 heavy (non-hydrogen) atoms. The zero-order chi connectivity index (χ0) is 19.1. The monoisotopic (exact) mass is 377 g/mol. The average molecular weight is 377 g/mol.